The number of allylic oxidation sites excluding steroid dienone is 4. The maximum absolute atomic E-state index is 7.37. The molecule has 0 amide bonds. The molecule has 0 saturated carbocycles. The van der Waals surface area contributed by atoms with Gasteiger partial charge in [0.25, 0.3) is 0 Å². The van der Waals surface area contributed by atoms with Crippen molar-refractivity contribution in [2.75, 3.05) is 0 Å². The number of rotatable bonds is 0. The molecule has 3 heteroatoms. The van der Waals surface area contributed by atoms with Crippen LogP contribution in [0.2, 0.25) is 0 Å². The summed E-state index contributed by atoms with van der Waals surface area (Å²) in [5.41, 5.74) is 2.12. The van der Waals surface area contributed by atoms with E-state index in [9.17, 15) is 0 Å². The zero-order chi connectivity index (χ0) is 7.56. The van der Waals surface area contributed by atoms with Gasteiger partial charge in [-0.25, -0.2) is 4.40 Å². The summed E-state index contributed by atoms with van der Waals surface area (Å²) in [5.74, 6) is 0. The molecule has 0 fully saturated rings. The molecular weight excluding hydrogens is 144 g/mol. The van der Waals surface area contributed by atoms with Gasteiger partial charge in [0.2, 0.25) is 0 Å². The Balaban J connectivity index is 2.95. The third-order valence-corrected chi connectivity index (χ3v) is 1.48. The summed E-state index contributed by atoms with van der Waals surface area (Å²) in [7, 11) is 0. The Bertz CT molecular complexity index is 248. The van der Waals surface area contributed by atoms with Crippen LogP contribution in [0.15, 0.2) is 28.2 Å². The van der Waals surface area contributed by atoms with Crippen LogP contribution in [0.4, 0.5) is 0 Å². The molecule has 0 spiro atoms. The van der Waals surface area contributed by atoms with Gasteiger partial charge in [-0.05, 0) is 37.5 Å². The Hall–Kier alpha value is -0.830. The van der Waals surface area contributed by atoms with Crippen molar-refractivity contribution in [1.82, 2.24) is 0 Å². The van der Waals surface area contributed by atoms with Gasteiger partial charge >= 0.3 is 0 Å². The Labute approximate surface area is 65.4 Å². The smallest absolute Gasteiger partial charge is 0.0959 e. The van der Waals surface area contributed by atoms with Crippen molar-refractivity contribution in [3.05, 3.63) is 23.8 Å². The zero-order valence-corrected chi connectivity index (χ0v) is 6.52. The van der Waals surface area contributed by atoms with Gasteiger partial charge in [0, 0.05) is 0 Å². The lowest BCUT2D eigenvalue weighted by atomic mass is 10.1. The van der Waals surface area contributed by atoms with Crippen molar-refractivity contribution in [3.8, 4) is 0 Å². The topological polar surface area (TPSA) is 36.2 Å². The molecule has 0 saturated heterocycles. The lowest BCUT2D eigenvalue weighted by Crippen LogP contribution is -2.09. The standard InChI is InChI=1S/C7H8N2S/c1-5-2-3-7(9-10)6(8)4-5/h2-4,8,10H,1H3/b8-6?,9-7-. The van der Waals surface area contributed by atoms with E-state index in [4.69, 9.17) is 5.41 Å². The van der Waals surface area contributed by atoms with Gasteiger partial charge in [0.05, 0.1) is 11.4 Å². The van der Waals surface area contributed by atoms with E-state index in [0.29, 0.717) is 11.4 Å². The van der Waals surface area contributed by atoms with Crippen molar-refractivity contribution in [2.24, 2.45) is 4.40 Å². The fourth-order valence-corrected chi connectivity index (χ4v) is 0.911. The van der Waals surface area contributed by atoms with E-state index < -0.39 is 0 Å². The number of nitrogens with one attached hydrogen (secondary N) is 1. The summed E-state index contributed by atoms with van der Waals surface area (Å²) in [6, 6.07) is 0. The maximum atomic E-state index is 7.37. The number of thiol groups is 1. The summed E-state index contributed by atoms with van der Waals surface area (Å²) in [5, 5.41) is 7.37. The van der Waals surface area contributed by atoms with Crippen molar-refractivity contribution in [3.63, 3.8) is 0 Å². The molecule has 2 nitrogen and oxygen atoms in total. The first-order valence-electron chi connectivity index (χ1n) is 2.91. The summed E-state index contributed by atoms with van der Waals surface area (Å²) in [6.45, 7) is 1.94. The third-order valence-electron chi connectivity index (χ3n) is 1.26. The van der Waals surface area contributed by atoms with Gasteiger partial charge in [-0.15, -0.1) is 0 Å². The summed E-state index contributed by atoms with van der Waals surface area (Å²) in [6.07, 6.45) is 5.45. The molecule has 52 valence electrons. The fourth-order valence-electron chi connectivity index (χ4n) is 0.737. The number of hydrogen-bond acceptors (Lipinski definition) is 3. The molecule has 0 aliphatic heterocycles. The lowest BCUT2D eigenvalue weighted by Gasteiger charge is -2.03. The van der Waals surface area contributed by atoms with E-state index in [1.54, 1.807) is 12.2 Å². The maximum Gasteiger partial charge on any atom is 0.0959 e. The first-order chi connectivity index (χ1) is 4.74. The minimum atomic E-state index is 0.426. The third kappa shape index (κ3) is 1.36. The quantitative estimate of drug-likeness (QED) is 0.392. The predicted octanol–water partition coefficient (Wildman–Crippen LogP) is 1.81. The van der Waals surface area contributed by atoms with Crippen LogP contribution in [0.5, 0.6) is 0 Å². The normalized spacial score (nSPS) is 21.6. The van der Waals surface area contributed by atoms with Gasteiger partial charge in [-0.1, -0.05) is 6.08 Å². The van der Waals surface area contributed by atoms with Gasteiger partial charge in [0.15, 0.2) is 0 Å². The van der Waals surface area contributed by atoms with Crippen molar-refractivity contribution < 1.29 is 0 Å². The highest BCUT2D eigenvalue weighted by atomic mass is 32.1. The second kappa shape index (κ2) is 2.84. The molecule has 0 heterocycles. The average Bonchev–Trinajstić information content (AvgIpc) is 1.88. The molecule has 1 aliphatic carbocycles. The summed E-state index contributed by atoms with van der Waals surface area (Å²) in [4.78, 5) is 0. The molecule has 0 aromatic carbocycles. The number of hydrogen-bond donors (Lipinski definition) is 2. The van der Waals surface area contributed by atoms with E-state index in [1.807, 2.05) is 13.0 Å². The molecule has 1 N–H and O–H groups in total. The van der Waals surface area contributed by atoms with Crippen LogP contribution < -0.4 is 0 Å². The summed E-state index contributed by atoms with van der Waals surface area (Å²) >= 11 is 3.72. The first-order valence-corrected chi connectivity index (χ1v) is 3.31. The molecule has 10 heavy (non-hydrogen) atoms. The fraction of sp³-hybridized carbons (Fsp3) is 0.143. The largest absolute Gasteiger partial charge is 0.299 e. The lowest BCUT2D eigenvalue weighted by molar-refractivity contribution is 1.48. The highest BCUT2D eigenvalue weighted by molar-refractivity contribution is 7.79. The molecule has 0 atom stereocenters. The Morgan fingerprint density at radius 2 is 2.20 bits per heavy atom. The van der Waals surface area contributed by atoms with E-state index in [1.165, 1.54) is 0 Å². The SMILES string of the molecule is CC1=CC(=N)/C(=N\S)C=C1. The van der Waals surface area contributed by atoms with Crippen LogP contribution in [0, 0.1) is 5.41 Å². The molecule has 0 bridgehead atoms. The van der Waals surface area contributed by atoms with Gasteiger partial charge in [-0.2, -0.15) is 0 Å². The van der Waals surface area contributed by atoms with Gasteiger partial charge < -0.3 is 0 Å². The van der Waals surface area contributed by atoms with Crippen molar-refractivity contribution >= 4 is 24.2 Å². The Morgan fingerprint density at radius 3 is 2.70 bits per heavy atom. The minimum Gasteiger partial charge on any atom is -0.299 e. The van der Waals surface area contributed by atoms with E-state index in [2.05, 4.69) is 17.2 Å². The Morgan fingerprint density at radius 1 is 1.50 bits per heavy atom. The van der Waals surface area contributed by atoms with Crippen LogP contribution in [0.1, 0.15) is 6.92 Å². The highest BCUT2D eigenvalue weighted by Gasteiger charge is 2.03. The molecule has 0 aromatic heterocycles. The van der Waals surface area contributed by atoms with Crippen molar-refractivity contribution in [1.29, 1.82) is 5.41 Å². The van der Waals surface area contributed by atoms with Crippen LogP contribution in [-0.2, 0) is 0 Å². The molecule has 1 rings (SSSR count). The highest BCUT2D eigenvalue weighted by Crippen LogP contribution is 2.04. The van der Waals surface area contributed by atoms with Crippen LogP contribution in [0.25, 0.3) is 0 Å². The number of nitrogens with zero attached hydrogens (tertiary/aromatic N) is 1. The van der Waals surface area contributed by atoms with Gasteiger partial charge in [0.1, 0.15) is 0 Å². The monoisotopic (exact) mass is 152 g/mol. The van der Waals surface area contributed by atoms with E-state index in [-0.39, 0.29) is 0 Å². The van der Waals surface area contributed by atoms with Crippen LogP contribution in [0.3, 0.4) is 0 Å². The molecule has 0 aromatic rings. The second-order valence-electron chi connectivity index (χ2n) is 2.12. The Kier molecular flexibility index (Phi) is 2.06. The van der Waals surface area contributed by atoms with Crippen LogP contribution >= 0.6 is 12.8 Å². The zero-order valence-electron chi connectivity index (χ0n) is 5.63. The molecule has 0 unspecified atom stereocenters. The minimum absolute atomic E-state index is 0.426. The van der Waals surface area contributed by atoms with E-state index >= 15 is 0 Å². The van der Waals surface area contributed by atoms with Crippen LogP contribution in [-0.4, -0.2) is 11.4 Å². The predicted molar refractivity (Wildman–Crippen MR) is 47.0 cm³/mol. The van der Waals surface area contributed by atoms with E-state index in [0.717, 1.165) is 5.57 Å². The first kappa shape index (κ1) is 7.28. The molecular formula is C7H8N2S. The van der Waals surface area contributed by atoms with Gasteiger partial charge in [-0.3, -0.25) is 5.41 Å². The summed E-state index contributed by atoms with van der Waals surface area (Å²) < 4.78 is 3.62. The average molecular weight is 152 g/mol. The molecule has 1 aliphatic rings. The molecule has 0 radical (unpaired) electrons. The second-order valence-corrected chi connectivity index (χ2v) is 2.32. The van der Waals surface area contributed by atoms with Crippen molar-refractivity contribution in [2.45, 2.75) is 6.92 Å².